The Kier molecular flexibility index (Phi) is 6.74. The molecular formula is C19H27N5O5S. The summed E-state index contributed by atoms with van der Waals surface area (Å²) in [6.45, 7) is 0.742. The van der Waals surface area contributed by atoms with Gasteiger partial charge in [0.25, 0.3) is 10.2 Å². The number of carbonyl (C=O) groups is 1. The topological polar surface area (TPSA) is 109 Å². The quantitative estimate of drug-likeness (QED) is 0.641. The van der Waals surface area contributed by atoms with Gasteiger partial charge in [-0.3, -0.25) is 4.79 Å². The lowest BCUT2D eigenvalue weighted by Gasteiger charge is -2.34. The zero-order valence-corrected chi connectivity index (χ0v) is 18.4. The van der Waals surface area contributed by atoms with Crippen molar-refractivity contribution >= 4 is 16.1 Å². The van der Waals surface area contributed by atoms with Crippen molar-refractivity contribution in [3.8, 4) is 17.1 Å². The lowest BCUT2D eigenvalue weighted by Crippen LogP contribution is -2.49. The van der Waals surface area contributed by atoms with Gasteiger partial charge in [-0.1, -0.05) is 5.16 Å². The van der Waals surface area contributed by atoms with Crippen molar-refractivity contribution in [3.63, 3.8) is 0 Å². The van der Waals surface area contributed by atoms with Crippen LogP contribution in [0.3, 0.4) is 0 Å². The summed E-state index contributed by atoms with van der Waals surface area (Å²) in [4.78, 5) is 18.7. The summed E-state index contributed by atoms with van der Waals surface area (Å²) >= 11 is 0. The van der Waals surface area contributed by atoms with E-state index in [1.807, 2.05) is 12.1 Å². The Morgan fingerprint density at radius 1 is 1.27 bits per heavy atom. The Morgan fingerprint density at radius 2 is 1.97 bits per heavy atom. The van der Waals surface area contributed by atoms with E-state index in [1.165, 1.54) is 27.6 Å². The summed E-state index contributed by atoms with van der Waals surface area (Å²) in [5.41, 5.74) is 0.775. The second-order valence-corrected chi connectivity index (χ2v) is 9.56. The highest BCUT2D eigenvalue weighted by Crippen LogP contribution is 2.23. The maximum Gasteiger partial charge on any atom is 0.281 e. The van der Waals surface area contributed by atoms with Crippen molar-refractivity contribution in [2.24, 2.45) is 5.92 Å². The number of hydrogen-bond donors (Lipinski definition) is 0. The van der Waals surface area contributed by atoms with Crippen molar-refractivity contribution in [1.29, 1.82) is 0 Å². The molecule has 2 heterocycles. The summed E-state index contributed by atoms with van der Waals surface area (Å²) in [7, 11) is 2.69. The van der Waals surface area contributed by atoms with Crippen LogP contribution in [0.2, 0.25) is 0 Å². The van der Waals surface area contributed by atoms with Crippen LogP contribution in [0.5, 0.6) is 5.75 Å². The highest BCUT2D eigenvalue weighted by Gasteiger charge is 2.34. The number of amides is 1. The molecule has 0 spiro atoms. The van der Waals surface area contributed by atoms with Crippen molar-refractivity contribution in [2.45, 2.75) is 19.4 Å². The van der Waals surface area contributed by atoms with Crippen molar-refractivity contribution in [1.82, 2.24) is 23.7 Å². The van der Waals surface area contributed by atoms with Gasteiger partial charge in [-0.25, -0.2) is 0 Å². The molecule has 10 nitrogen and oxygen atoms in total. The fraction of sp³-hybridized carbons (Fsp3) is 0.526. The largest absolute Gasteiger partial charge is 0.497 e. The van der Waals surface area contributed by atoms with E-state index in [0.29, 0.717) is 31.1 Å². The van der Waals surface area contributed by atoms with Gasteiger partial charge in [0.05, 0.1) is 19.6 Å². The van der Waals surface area contributed by atoms with E-state index in [4.69, 9.17) is 9.26 Å². The molecule has 2 aromatic rings. The minimum Gasteiger partial charge on any atom is -0.497 e. The molecule has 30 heavy (non-hydrogen) atoms. The molecule has 1 amide bonds. The molecule has 0 bridgehead atoms. The standard InChI is InChI=1S/C19H27N5O5S/c1-22(2)30(26,27)24-11-5-6-15(12-24)19(25)23(3)13-17-20-18(21-29-17)14-7-9-16(28-4)10-8-14/h7-10,15H,5-6,11-13H2,1-4H3/t15-/m0/s1. The van der Waals surface area contributed by atoms with E-state index < -0.39 is 16.1 Å². The van der Waals surface area contributed by atoms with Gasteiger partial charge in [0.1, 0.15) is 5.75 Å². The minimum absolute atomic E-state index is 0.141. The molecule has 11 heteroatoms. The lowest BCUT2D eigenvalue weighted by molar-refractivity contribution is -0.136. The summed E-state index contributed by atoms with van der Waals surface area (Å²) < 4.78 is 37.7. The Morgan fingerprint density at radius 3 is 2.60 bits per heavy atom. The molecule has 1 aromatic heterocycles. The molecule has 0 saturated carbocycles. The summed E-state index contributed by atoms with van der Waals surface area (Å²) in [6, 6.07) is 7.25. The van der Waals surface area contributed by atoms with Crippen LogP contribution in [0, 0.1) is 5.92 Å². The number of piperidine rings is 1. The number of methoxy groups -OCH3 is 1. The number of ether oxygens (including phenoxy) is 1. The average molecular weight is 438 g/mol. The third kappa shape index (κ3) is 4.79. The molecule has 0 radical (unpaired) electrons. The minimum atomic E-state index is -3.54. The van der Waals surface area contributed by atoms with Crippen LogP contribution in [0.4, 0.5) is 0 Å². The second-order valence-electron chi connectivity index (χ2n) is 7.42. The Balaban J connectivity index is 1.63. The first kappa shape index (κ1) is 22.2. The zero-order chi connectivity index (χ0) is 21.9. The van der Waals surface area contributed by atoms with E-state index in [0.717, 1.165) is 11.3 Å². The molecular weight excluding hydrogens is 410 g/mol. The van der Waals surface area contributed by atoms with Crippen LogP contribution in [0.1, 0.15) is 18.7 Å². The highest BCUT2D eigenvalue weighted by molar-refractivity contribution is 7.86. The first-order valence-electron chi connectivity index (χ1n) is 9.62. The Bertz CT molecular complexity index is 973. The third-order valence-electron chi connectivity index (χ3n) is 5.09. The molecule has 3 rings (SSSR count). The first-order chi connectivity index (χ1) is 14.2. The predicted octanol–water partition coefficient (Wildman–Crippen LogP) is 1.22. The number of aromatic nitrogens is 2. The Hall–Kier alpha value is -2.50. The third-order valence-corrected chi connectivity index (χ3v) is 6.99. The van der Waals surface area contributed by atoms with Crippen LogP contribution in [-0.4, -0.2) is 79.3 Å². The van der Waals surface area contributed by atoms with Gasteiger partial charge in [0, 0.05) is 39.8 Å². The smallest absolute Gasteiger partial charge is 0.281 e. The van der Waals surface area contributed by atoms with Crippen LogP contribution in [-0.2, 0) is 21.5 Å². The fourth-order valence-electron chi connectivity index (χ4n) is 3.35. The highest BCUT2D eigenvalue weighted by atomic mass is 32.2. The molecule has 1 atom stereocenters. The van der Waals surface area contributed by atoms with E-state index in [-0.39, 0.29) is 19.0 Å². The van der Waals surface area contributed by atoms with Gasteiger partial charge in [-0.15, -0.1) is 0 Å². The lowest BCUT2D eigenvalue weighted by atomic mass is 9.98. The van der Waals surface area contributed by atoms with Crippen LogP contribution >= 0.6 is 0 Å². The average Bonchev–Trinajstić information content (AvgIpc) is 3.21. The van der Waals surface area contributed by atoms with Crippen LogP contribution in [0.15, 0.2) is 28.8 Å². The number of rotatable bonds is 7. The SMILES string of the molecule is COc1ccc(-c2noc(CN(C)C(=O)[C@H]3CCCN(S(=O)(=O)N(C)C)C3)n2)cc1. The fourth-order valence-corrected chi connectivity index (χ4v) is 4.54. The van der Waals surface area contributed by atoms with Gasteiger partial charge < -0.3 is 14.2 Å². The molecule has 0 N–H and O–H groups in total. The second kappa shape index (κ2) is 9.11. The number of benzene rings is 1. The van der Waals surface area contributed by atoms with E-state index >= 15 is 0 Å². The van der Waals surface area contributed by atoms with Gasteiger partial charge >= 0.3 is 0 Å². The number of hydrogen-bond acceptors (Lipinski definition) is 7. The van der Waals surface area contributed by atoms with Gasteiger partial charge in [-0.2, -0.15) is 22.0 Å². The molecule has 1 aromatic carbocycles. The number of nitrogens with zero attached hydrogens (tertiary/aromatic N) is 5. The zero-order valence-electron chi connectivity index (χ0n) is 17.6. The number of carbonyl (C=O) groups excluding carboxylic acids is 1. The molecule has 0 unspecified atom stereocenters. The van der Waals surface area contributed by atoms with E-state index in [9.17, 15) is 13.2 Å². The summed E-state index contributed by atoms with van der Waals surface area (Å²) in [5.74, 6) is 0.922. The molecule has 1 saturated heterocycles. The van der Waals surface area contributed by atoms with E-state index in [1.54, 1.807) is 26.3 Å². The molecule has 164 valence electrons. The van der Waals surface area contributed by atoms with E-state index in [2.05, 4.69) is 10.1 Å². The summed E-state index contributed by atoms with van der Waals surface area (Å²) in [6.07, 6.45) is 1.28. The van der Waals surface area contributed by atoms with Gasteiger partial charge in [-0.05, 0) is 37.1 Å². The molecule has 1 fully saturated rings. The Labute approximate surface area is 176 Å². The van der Waals surface area contributed by atoms with Crippen molar-refractivity contribution < 1.29 is 22.5 Å². The first-order valence-corrected chi connectivity index (χ1v) is 11.0. The molecule has 1 aliphatic heterocycles. The monoisotopic (exact) mass is 437 g/mol. The van der Waals surface area contributed by atoms with Gasteiger partial charge in [0.2, 0.25) is 17.6 Å². The molecule has 1 aliphatic rings. The normalized spacial score (nSPS) is 17.8. The maximum absolute atomic E-state index is 12.9. The maximum atomic E-state index is 12.9. The predicted molar refractivity (Wildman–Crippen MR) is 110 cm³/mol. The van der Waals surface area contributed by atoms with Crippen LogP contribution < -0.4 is 4.74 Å². The van der Waals surface area contributed by atoms with Gasteiger partial charge in [0.15, 0.2) is 0 Å². The van der Waals surface area contributed by atoms with Crippen LogP contribution in [0.25, 0.3) is 11.4 Å². The summed E-state index contributed by atoms with van der Waals surface area (Å²) in [5, 5.41) is 3.97. The molecule has 0 aliphatic carbocycles. The van der Waals surface area contributed by atoms with Crippen molar-refractivity contribution in [3.05, 3.63) is 30.2 Å². The van der Waals surface area contributed by atoms with Crippen molar-refractivity contribution in [2.75, 3.05) is 41.3 Å².